The highest BCUT2D eigenvalue weighted by atomic mass is 16.2. The molecule has 98 valence electrons. The van der Waals surface area contributed by atoms with Gasteiger partial charge in [-0.25, -0.2) is 0 Å². The van der Waals surface area contributed by atoms with Gasteiger partial charge in [0, 0.05) is 12.0 Å². The van der Waals surface area contributed by atoms with Crippen LogP contribution in [0.25, 0.3) is 0 Å². The summed E-state index contributed by atoms with van der Waals surface area (Å²) in [5, 5.41) is 6.05. The van der Waals surface area contributed by atoms with Crippen LogP contribution in [0.4, 0.5) is 0 Å². The zero-order valence-corrected chi connectivity index (χ0v) is 10.5. The Hall–Kier alpha value is -1.10. The van der Waals surface area contributed by atoms with Gasteiger partial charge < -0.3 is 16.4 Å². The first-order valence-corrected chi connectivity index (χ1v) is 6.43. The van der Waals surface area contributed by atoms with E-state index < -0.39 is 0 Å². The van der Waals surface area contributed by atoms with E-state index in [1.54, 1.807) is 0 Å². The van der Waals surface area contributed by atoms with Crippen molar-refractivity contribution in [3.05, 3.63) is 0 Å². The Morgan fingerprint density at radius 3 is 2.41 bits per heavy atom. The van der Waals surface area contributed by atoms with Crippen LogP contribution in [0.5, 0.6) is 0 Å². The maximum atomic E-state index is 11.5. The van der Waals surface area contributed by atoms with Crippen molar-refractivity contribution in [3.8, 4) is 0 Å². The summed E-state index contributed by atoms with van der Waals surface area (Å²) in [7, 11) is 0. The zero-order chi connectivity index (χ0) is 12.7. The summed E-state index contributed by atoms with van der Waals surface area (Å²) < 4.78 is 0. The number of primary amides is 1. The van der Waals surface area contributed by atoms with Crippen molar-refractivity contribution < 1.29 is 9.59 Å². The Morgan fingerprint density at radius 1 is 1.24 bits per heavy atom. The molecule has 1 saturated carbocycles. The van der Waals surface area contributed by atoms with E-state index in [0.717, 1.165) is 38.6 Å². The molecule has 0 saturated heterocycles. The van der Waals surface area contributed by atoms with Gasteiger partial charge in [-0.15, -0.1) is 0 Å². The lowest BCUT2D eigenvalue weighted by Crippen LogP contribution is -2.43. The van der Waals surface area contributed by atoms with Crippen molar-refractivity contribution in [1.29, 1.82) is 0 Å². The van der Waals surface area contributed by atoms with Crippen LogP contribution in [0.1, 0.15) is 39.0 Å². The molecule has 1 rings (SSSR count). The third-order valence-corrected chi connectivity index (χ3v) is 3.21. The van der Waals surface area contributed by atoms with E-state index in [1.807, 2.05) is 0 Å². The molecular weight excluding hydrogens is 218 g/mol. The highest BCUT2D eigenvalue weighted by Crippen LogP contribution is 2.23. The van der Waals surface area contributed by atoms with Gasteiger partial charge in [-0.3, -0.25) is 9.59 Å². The molecule has 1 fully saturated rings. The number of hydrogen-bond acceptors (Lipinski definition) is 3. The zero-order valence-electron chi connectivity index (χ0n) is 10.5. The standard InChI is InChI=1S/C12H23N3O2/c1-2-7-14-8-11(16)15-10-5-3-9(4-6-10)12(13)17/h9-10,14H,2-8H2,1H3,(H2,13,17)(H,15,16). The molecule has 0 bridgehead atoms. The van der Waals surface area contributed by atoms with E-state index >= 15 is 0 Å². The summed E-state index contributed by atoms with van der Waals surface area (Å²) in [6.45, 7) is 3.31. The summed E-state index contributed by atoms with van der Waals surface area (Å²) in [6, 6.07) is 0.210. The molecule has 17 heavy (non-hydrogen) atoms. The molecule has 0 unspecified atom stereocenters. The molecule has 0 aromatic heterocycles. The van der Waals surface area contributed by atoms with Crippen LogP contribution >= 0.6 is 0 Å². The lowest BCUT2D eigenvalue weighted by molar-refractivity contribution is -0.123. The van der Waals surface area contributed by atoms with Crippen LogP contribution in [0.15, 0.2) is 0 Å². The molecule has 5 nitrogen and oxygen atoms in total. The van der Waals surface area contributed by atoms with Crippen LogP contribution in [-0.2, 0) is 9.59 Å². The molecule has 2 amide bonds. The maximum absolute atomic E-state index is 11.5. The van der Waals surface area contributed by atoms with E-state index in [0.29, 0.717) is 6.54 Å². The van der Waals surface area contributed by atoms with E-state index in [9.17, 15) is 9.59 Å². The third-order valence-electron chi connectivity index (χ3n) is 3.21. The Labute approximate surface area is 103 Å². The second-order valence-electron chi connectivity index (χ2n) is 4.70. The molecule has 4 N–H and O–H groups in total. The van der Waals surface area contributed by atoms with Gasteiger partial charge in [-0.05, 0) is 38.6 Å². The molecule has 0 aromatic rings. The number of nitrogens with one attached hydrogen (secondary N) is 2. The summed E-state index contributed by atoms with van der Waals surface area (Å²) in [6.07, 6.45) is 4.32. The van der Waals surface area contributed by atoms with Gasteiger partial charge in [0.2, 0.25) is 11.8 Å². The number of carbonyl (C=O) groups excluding carboxylic acids is 2. The predicted octanol–water partition coefficient (Wildman–Crippen LogP) is 0.146. The summed E-state index contributed by atoms with van der Waals surface area (Å²) in [5.41, 5.74) is 5.26. The van der Waals surface area contributed by atoms with Crippen molar-refractivity contribution in [2.45, 2.75) is 45.1 Å². The maximum Gasteiger partial charge on any atom is 0.234 e. The van der Waals surface area contributed by atoms with Crippen LogP contribution in [0.3, 0.4) is 0 Å². The number of rotatable bonds is 6. The lowest BCUT2D eigenvalue weighted by atomic mass is 9.85. The first kappa shape index (κ1) is 14.0. The highest BCUT2D eigenvalue weighted by Gasteiger charge is 2.25. The first-order valence-electron chi connectivity index (χ1n) is 6.43. The van der Waals surface area contributed by atoms with E-state index in [1.165, 1.54) is 0 Å². The van der Waals surface area contributed by atoms with E-state index in [2.05, 4.69) is 17.6 Å². The molecular formula is C12H23N3O2. The van der Waals surface area contributed by atoms with Crippen LogP contribution in [-0.4, -0.2) is 30.9 Å². The van der Waals surface area contributed by atoms with E-state index in [-0.39, 0.29) is 23.8 Å². The third kappa shape index (κ3) is 5.17. The SMILES string of the molecule is CCCNCC(=O)NC1CCC(C(N)=O)CC1. The van der Waals surface area contributed by atoms with Crippen molar-refractivity contribution >= 4 is 11.8 Å². The fourth-order valence-electron chi connectivity index (χ4n) is 2.18. The number of carbonyl (C=O) groups is 2. The Balaban J connectivity index is 2.17. The van der Waals surface area contributed by atoms with Gasteiger partial charge in [0.25, 0.3) is 0 Å². The Kier molecular flexibility index (Phi) is 5.97. The molecule has 0 atom stereocenters. The molecule has 1 aliphatic rings. The summed E-state index contributed by atoms with van der Waals surface area (Å²) in [5.74, 6) is -0.165. The van der Waals surface area contributed by atoms with Crippen molar-refractivity contribution in [1.82, 2.24) is 10.6 Å². The van der Waals surface area contributed by atoms with Crippen molar-refractivity contribution in [2.24, 2.45) is 11.7 Å². The van der Waals surface area contributed by atoms with Crippen LogP contribution in [0.2, 0.25) is 0 Å². The topological polar surface area (TPSA) is 84.2 Å². The minimum absolute atomic E-state index is 0.00127. The Bertz CT molecular complexity index is 260. The van der Waals surface area contributed by atoms with Crippen molar-refractivity contribution in [2.75, 3.05) is 13.1 Å². The minimum atomic E-state index is -0.209. The van der Waals surface area contributed by atoms with Gasteiger partial charge >= 0.3 is 0 Å². The van der Waals surface area contributed by atoms with Gasteiger partial charge in [0.15, 0.2) is 0 Å². The first-order chi connectivity index (χ1) is 8.13. The molecule has 0 heterocycles. The predicted molar refractivity (Wildman–Crippen MR) is 66.2 cm³/mol. The van der Waals surface area contributed by atoms with Gasteiger partial charge in [0.1, 0.15) is 0 Å². The summed E-state index contributed by atoms with van der Waals surface area (Å²) in [4.78, 5) is 22.5. The minimum Gasteiger partial charge on any atom is -0.369 e. The van der Waals surface area contributed by atoms with Crippen molar-refractivity contribution in [3.63, 3.8) is 0 Å². The van der Waals surface area contributed by atoms with Crippen LogP contribution < -0.4 is 16.4 Å². The fraction of sp³-hybridized carbons (Fsp3) is 0.833. The molecule has 0 spiro atoms. The molecule has 1 aliphatic carbocycles. The molecule has 0 aliphatic heterocycles. The second kappa shape index (κ2) is 7.27. The van der Waals surface area contributed by atoms with Gasteiger partial charge in [-0.2, -0.15) is 0 Å². The quantitative estimate of drug-likeness (QED) is 0.579. The fourth-order valence-corrected chi connectivity index (χ4v) is 2.18. The average Bonchev–Trinajstić information content (AvgIpc) is 2.30. The van der Waals surface area contributed by atoms with Gasteiger partial charge in [-0.1, -0.05) is 6.92 Å². The average molecular weight is 241 g/mol. The van der Waals surface area contributed by atoms with Gasteiger partial charge in [0.05, 0.1) is 6.54 Å². The molecule has 0 aromatic carbocycles. The number of amides is 2. The monoisotopic (exact) mass is 241 g/mol. The highest BCUT2D eigenvalue weighted by molar-refractivity contribution is 5.78. The second-order valence-corrected chi connectivity index (χ2v) is 4.70. The molecule has 5 heteroatoms. The summed E-state index contributed by atoms with van der Waals surface area (Å²) >= 11 is 0. The number of nitrogens with two attached hydrogens (primary N) is 1. The largest absolute Gasteiger partial charge is 0.369 e. The number of hydrogen-bond donors (Lipinski definition) is 3. The smallest absolute Gasteiger partial charge is 0.234 e. The lowest BCUT2D eigenvalue weighted by Gasteiger charge is -2.27. The molecule has 0 radical (unpaired) electrons. The Morgan fingerprint density at radius 2 is 1.88 bits per heavy atom. The normalized spacial score (nSPS) is 24.3. The van der Waals surface area contributed by atoms with E-state index in [4.69, 9.17) is 5.73 Å². The van der Waals surface area contributed by atoms with Crippen LogP contribution in [0, 0.1) is 5.92 Å².